The van der Waals surface area contributed by atoms with Crippen LogP contribution in [-0.2, 0) is 9.53 Å². The molecule has 140 valence electrons. The molecule has 1 amide bonds. The molecule has 26 heavy (non-hydrogen) atoms. The first kappa shape index (κ1) is 17.3. The maximum absolute atomic E-state index is 12.9. The van der Waals surface area contributed by atoms with Crippen LogP contribution < -0.4 is 4.90 Å². The lowest BCUT2D eigenvalue weighted by Crippen LogP contribution is -2.43. The van der Waals surface area contributed by atoms with Gasteiger partial charge in [-0.05, 0) is 37.8 Å². The van der Waals surface area contributed by atoms with Crippen molar-refractivity contribution in [3.05, 3.63) is 30.2 Å². The molecule has 1 unspecified atom stereocenters. The van der Waals surface area contributed by atoms with Gasteiger partial charge in [0.1, 0.15) is 0 Å². The number of carbonyl (C=O) groups is 1. The van der Waals surface area contributed by atoms with E-state index in [0.717, 1.165) is 55.8 Å². The number of rotatable bonds is 3. The fourth-order valence-corrected chi connectivity index (χ4v) is 4.19. The number of fused-ring (bicyclic) bond motifs is 1. The fourth-order valence-electron chi connectivity index (χ4n) is 4.19. The summed E-state index contributed by atoms with van der Waals surface area (Å²) in [4.78, 5) is 22.0. The van der Waals surface area contributed by atoms with Gasteiger partial charge in [0.25, 0.3) is 0 Å². The molecule has 2 aromatic rings. The van der Waals surface area contributed by atoms with E-state index in [9.17, 15) is 4.79 Å². The average molecular weight is 356 g/mol. The smallest absolute Gasteiger partial charge is 0.225 e. The van der Waals surface area contributed by atoms with Gasteiger partial charge in [0.15, 0.2) is 5.82 Å². The summed E-state index contributed by atoms with van der Waals surface area (Å²) in [6.45, 7) is 3.08. The van der Waals surface area contributed by atoms with Gasteiger partial charge in [0.05, 0.1) is 11.2 Å². The minimum absolute atomic E-state index is 0.139. The molecule has 2 aliphatic rings. The van der Waals surface area contributed by atoms with Crippen LogP contribution in [0.3, 0.4) is 0 Å². The number of amides is 1. The van der Waals surface area contributed by atoms with E-state index < -0.39 is 0 Å². The van der Waals surface area contributed by atoms with Crippen molar-refractivity contribution in [1.29, 1.82) is 0 Å². The van der Waals surface area contributed by atoms with Crippen LogP contribution in [0.1, 0.15) is 37.3 Å². The van der Waals surface area contributed by atoms with Crippen LogP contribution in [0.4, 0.5) is 5.82 Å². The molecule has 6 nitrogen and oxygen atoms in total. The van der Waals surface area contributed by atoms with E-state index in [2.05, 4.69) is 38.7 Å². The van der Waals surface area contributed by atoms with Gasteiger partial charge in [0, 0.05) is 64.6 Å². The van der Waals surface area contributed by atoms with Gasteiger partial charge < -0.3 is 18.9 Å². The molecule has 2 aliphatic heterocycles. The molecular weight excluding hydrogens is 328 g/mol. The lowest BCUT2D eigenvalue weighted by atomic mass is 9.92. The van der Waals surface area contributed by atoms with Crippen molar-refractivity contribution in [2.45, 2.75) is 31.6 Å². The summed E-state index contributed by atoms with van der Waals surface area (Å²) in [5, 5.41) is 0. The lowest BCUT2D eigenvalue weighted by Gasteiger charge is -2.36. The van der Waals surface area contributed by atoms with Gasteiger partial charge in [-0.15, -0.1) is 0 Å². The highest BCUT2D eigenvalue weighted by molar-refractivity contribution is 5.79. The number of ether oxygens (including phenoxy) is 1. The van der Waals surface area contributed by atoms with E-state index in [1.54, 1.807) is 0 Å². The largest absolute Gasteiger partial charge is 0.381 e. The summed E-state index contributed by atoms with van der Waals surface area (Å²) in [5.41, 5.74) is 2.20. The first-order valence-electron chi connectivity index (χ1n) is 9.65. The van der Waals surface area contributed by atoms with Crippen LogP contribution in [0.25, 0.3) is 5.52 Å². The molecule has 2 aromatic heterocycles. The van der Waals surface area contributed by atoms with Gasteiger partial charge in [-0.3, -0.25) is 4.79 Å². The van der Waals surface area contributed by atoms with Gasteiger partial charge in [-0.2, -0.15) is 0 Å². The third-order valence-corrected chi connectivity index (χ3v) is 5.66. The Labute approximate surface area is 154 Å². The van der Waals surface area contributed by atoms with E-state index in [0.29, 0.717) is 25.0 Å². The Hall–Kier alpha value is -2.08. The van der Waals surface area contributed by atoms with Crippen molar-refractivity contribution in [2.75, 3.05) is 45.3 Å². The molecule has 0 N–H and O–H groups in total. The summed E-state index contributed by atoms with van der Waals surface area (Å²) in [6, 6.07) is 4.14. The second kappa shape index (κ2) is 7.27. The minimum atomic E-state index is 0.139. The van der Waals surface area contributed by atoms with Crippen molar-refractivity contribution in [3.63, 3.8) is 0 Å². The van der Waals surface area contributed by atoms with Gasteiger partial charge in [-0.1, -0.05) is 0 Å². The second-order valence-corrected chi connectivity index (χ2v) is 7.69. The number of piperidine rings is 1. The van der Waals surface area contributed by atoms with E-state index in [4.69, 9.17) is 9.72 Å². The molecule has 4 rings (SSSR count). The molecule has 0 spiro atoms. The standard InChI is InChI=1S/C20H28N4O2/c1-22(2)19-18-6-4-9-23(18)14-17(21-19)16-5-3-10-24(13-16)20(25)15-7-11-26-12-8-15/h4,6,9,14-16H,3,5,7-8,10-13H2,1-2H3. The van der Waals surface area contributed by atoms with Gasteiger partial charge in [-0.25, -0.2) is 4.98 Å². The summed E-state index contributed by atoms with van der Waals surface area (Å²) in [7, 11) is 4.06. The maximum Gasteiger partial charge on any atom is 0.225 e. The number of carbonyl (C=O) groups excluding carboxylic acids is 1. The van der Waals surface area contributed by atoms with E-state index in [1.165, 1.54) is 0 Å². The quantitative estimate of drug-likeness (QED) is 0.848. The Balaban J connectivity index is 1.56. The van der Waals surface area contributed by atoms with Crippen molar-refractivity contribution in [2.24, 2.45) is 5.92 Å². The Morgan fingerprint density at radius 1 is 1.27 bits per heavy atom. The van der Waals surface area contributed by atoms with Crippen molar-refractivity contribution < 1.29 is 9.53 Å². The first-order chi connectivity index (χ1) is 12.6. The highest BCUT2D eigenvalue weighted by Gasteiger charge is 2.31. The van der Waals surface area contributed by atoms with Crippen molar-refractivity contribution in [1.82, 2.24) is 14.3 Å². The molecular formula is C20H28N4O2. The van der Waals surface area contributed by atoms with Crippen LogP contribution in [-0.4, -0.2) is 60.6 Å². The van der Waals surface area contributed by atoms with Crippen LogP contribution in [0, 0.1) is 5.92 Å². The normalized spacial score (nSPS) is 21.9. The van der Waals surface area contributed by atoms with Gasteiger partial charge >= 0.3 is 0 Å². The number of anilines is 1. The molecule has 0 bridgehead atoms. The summed E-state index contributed by atoms with van der Waals surface area (Å²) >= 11 is 0. The third kappa shape index (κ3) is 3.30. The Morgan fingerprint density at radius 3 is 2.85 bits per heavy atom. The number of likely N-dealkylation sites (tertiary alicyclic amines) is 1. The average Bonchev–Trinajstić information content (AvgIpc) is 3.16. The molecule has 0 aliphatic carbocycles. The Bertz CT molecular complexity index is 779. The predicted molar refractivity (Wildman–Crippen MR) is 102 cm³/mol. The number of aromatic nitrogens is 2. The zero-order chi connectivity index (χ0) is 18.1. The molecule has 0 saturated carbocycles. The molecule has 1 atom stereocenters. The SMILES string of the molecule is CN(C)c1nc(C2CCCN(C(=O)C3CCOCC3)C2)cn2cccc12. The molecule has 4 heterocycles. The summed E-state index contributed by atoms with van der Waals surface area (Å²) < 4.78 is 7.56. The zero-order valence-electron chi connectivity index (χ0n) is 15.7. The zero-order valence-corrected chi connectivity index (χ0v) is 15.7. The molecule has 0 radical (unpaired) electrons. The molecule has 0 aromatic carbocycles. The number of hydrogen-bond acceptors (Lipinski definition) is 4. The second-order valence-electron chi connectivity index (χ2n) is 7.69. The highest BCUT2D eigenvalue weighted by Crippen LogP contribution is 2.30. The third-order valence-electron chi connectivity index (χ3n) is 5.66. The van der Waals surface area contributed by atoms with E-state index in [1.807, 2.05) is 14.1 Å². The summed E-state index contributed by atoms with van der Waals surface area (Å²) in [5.74, 6) is 1.74. The summed E-state index contributed by atoms with van der Waals surface area (Å²) in [6.07, 6.45) is 8.06. The lowest BCUT2D eigenvalue weighted by molar-refractivity contribution is -0.139. The number of nitrogens with zero attached hydrogens (tertiary/aromatic N) is 4. The first-order valence-corrected chi connectivity index (χ1v) is 9.65. The van der Waals surface area contributed by atoms with Crippen LogP contribution in [0.15, 0.2) is 24.5 Å². The van der Waals surface area contributed by atoms with Crippen molar-refractivity contribution >= 4 is 17.2 Å². The van der Waals surface area contributed by atoms with Crippen molar-refractivity contribution in [3.8, 4) is 0 Å². The monoisotopic (exact) mass is 356 g/mol. The van der Waals surface area contributed by atoms with Crippen LogP contribution in [0.2, 0.25) is 0 Å². The fraction of sp³-hybridized carbons (Fsp3) is 0.600. The van der Waals surface area contributed by atoms with E-state index in [-0.39, 0.29) is 5.92 Å². The van der Waals surface area contributed by atoms with E-state index >= 15 is 0 Å². The maximum atomic E-state index is 12.9. The molecule has 2 fully saturated rings. The Morgan fingerprint density at radius 2 is 2.08 bits per heavy atom. The number of hydrogen-bond donors (Lipinski definition) is 0. The topological polar surface area (TPSA) is 50.1 Å². The highest BCUT2D eigenvalue weighted by atomic mass is 16.5. The van der Waals surface area contributed by atoms with Crippen LogP contribution in [0.5, 0.6) is 0 Å². The van der Waals surface area contributed by atoms with Gasteiger partial charge in [0.2, 0.25) is 5.91 Å². The minimum Gasteiger partial charge on any atom is -0.381 e. The molecule has 2 saturated heterocycles. The molecule has 6 heteroatoms. The Kier molecular flexibility index (Phi) is 4.85. The predicted octanol–water partition coefficient (Wildman–Crippen LogP) is 2.53. The van der Waals surface area contributed by atoms with Crippen LogP contribution >= 0.6 is 0 Å².